The highest BCUT2D eigenvalue weighted by Gasteiger charge is 2.17. The van der Waals surface area contributed by atoms with Crippen LogP contribution in [-0.4, -0.2) is 20.0 Å². The van der Waals surface area contributed by atoms with Gasteiger partial charge in [0, 0.05) is 0 Å². The van der Waals surface area contributed by atoms with E-state index in [1.54, 1.807) is 26.0 Å². The van der Waals surface area contributed by atoms with E-state index < -0.39 is 15.9 Å². The van der Waals surface area contributed by atoms with E-state index in [1.807, 2.05) is 0 Å². The lowest BCUT2D eigenvalue weighted by atomic mass is 10.1. The van der Waals surface area contributed by atoms with Crippen LogP contribution in [0.5, 0.6) is 0 Å². The fourth-order valence-corrected chi connectivity index (χ4v) is 2.39. The smallest absolute Gasteiger partial charge is 0.240 e. The Morgan fingerprint density at radius 1 is 1.45 bits per heavy atom. The molecule has 0 aliphatic heterocycles. The van der Waals surface area contributed by atoms with Crippen molar-refractivity contribution >= 4 is 27.3 Å². The van der Waals surface area contributed by atoms with Crippen LogP contribution in [0.1, 0.15) is 11.1 Å². The fraction of sp³-hybridized carbons (Fsp3) is 0.182. The third-order valence-electron chi connectivity index (χ3n) is 2.39. The molecular weight excluding hydrogens is 280 g/mol. The highest BCUT2D eigenvalue weighted by Crippen LogP contribution is 2.26. The van der Waals surface area contributed by atoms with Crippen LogP contribution in [0.4, 0.5) is 5.69 Å². The summed E-state index contributed by atoms with van der Waals surface area (Å²) in [5.74, 6) is -0.526. The van der Waals surface area contributed by atoms with E-state index in [9.17, 15) is 8.42 Å². The Kier molecular flexibility index (Phi) is 4.44. The summed E-state index contributed by atoms with van der Waals surface area (Å²) < 4.78 is 23.1. The van der Waals surface area contributed by atoms with Crippen LogP contribution in [0.25, 0.3) is 0 Å². The van der Waals surface area contributed by atoms with Gasteiger partial charge in [0.25, 0.3) is 0 Å². The van der Waals surface area contributed by atoms with Gasteiger partial charge in [0.15, 0.2) is 5.84 Å². The topological polar surface area (TPSA) is 158 Å². The minimum Gasteiger partial charge on any atom is -0.382 e. The molecule has 1 aromatic rings. The lowest BCUT2D eigenvalue weighted by Gasteiger charge is -2.12. The number of hydrazone groups is 1. The number of nitrogens with one attached hydrogen (secondary N) is 2. The standard InChI is InChI=1S/C11H14N6O2S/c1-6-3-7(2)10(9(4-6)20(15,18)19)17-16-8(5-12)11(13)14/h3-4,17H,1-2H3,(H3,13,14)(H2,15,18,19)/b16-8+. The highest BCUT2D eigenvalue weighted by molar-refractivity contribution is 7.89. The SMILES string of the molecule is Cc1cc(C)c(N/N=C(\C#N)C(=N)N)c(S(N)(=O)=O)c1. The molecule has 0 aliphatic rings. The van der Waals surface area contributed by atoms with E-state index in [2.05, 4.69) is 10.5 Å². The predicted octanol–water partition coefficient (Wildman–Crippen LogP) is 0.178. The lowest BCUT2D eigenvalue weighted by Crippen LogP contribution is -2.22. The molecule has 0 atom stereocenters. The number of rotatable bonds is 4. The molecule has 9 heteroatoms. The van der Waals surface area contributed by atoms with Gasteiger partial charge in [-0.15, -0.1) is 0 Å². The first-order chi connectivity index (χ1) is 9.16. The largest absolute Gasteiger partial charge is 0.382 e. The first kappa shape index (κ1) is 15.6. The summed E-state index contributed by atoms with van der Waals surface area (Å²) in [5, 5.41) is 24.6. The van der Waals surface area contributed by atoms with Crippen molar-refractivity contribution in [3.8, 4) is 6.07 Å². The van der Waals surface area contributed by atoms with Crippen molar-refractivity contribution < 1.29 is 8.42 Å². The maximum absolute atomic E-state index is 11.6. The molecule has 0 aromatic heterocycles. The number of hydrogen-bond acceptors (Lipinski definition) is 6. The lowest BCUT2D eigenvalue weighted by molar-refractivity contribution is 0.598. The maximum Gasteiger partial charge on any atom is 0.240 e. The van der Waals surface area contributed by atoms with Crippen LogP contribution in [0.3, 0.4) is 0 Å². The quantitative estimate of drug-likeness (QED) is 0.353. The van der Waals surface area contributed by atoms with E-state index in [0.717, 1.165) is 0 Å². The average Bonchev–Trinajstić information content (AvgIpc) is 2.29. The highest BCUT2D eigenvalue weighted by atomic mass is 32.2. The number of hydrogen-bond donors (Lipinski definition) is 4. The van der Waals surface area contributed by atoms with Crippen LogP contribution < -0.4 is 16.3 Å². The number of anilines is 1. The van der Waals surface area contributed by atoms with Gasteiger partial charge in [-0.2, -0.15) is 10.4 Å². The Bertz CT molecular complexity index is 730. The zero-order chi connectivity index (χ0) is 15.5. The first-order valence-corrected chi connectivity index (χ1v) is 6.93. The van der Waals surface area contributed by atoms with Gasteiger partial charge in [-0.1, -0.05) is 6.07 Å². The number of aryl methyl sites for hydroxylation is 2. The van der Waals surface area contributed by atoms with Crippen molar-refractivity contribution in [2.24, 2.45) is 16.0 Å². The molecule has 0 saturated heterocycles. The van der Waals surface area contributed by atoms with E-state index in [4.69, 9.17) is 21.5 Å². The van der Waals surface area contributed by atoms with Gasteiger partial charge < -0.3 is 5.73 Å². The van der Waals surface area contributed by atoms with E-state index in [0.29, 0.717) is 11.1 Å². The van der Waals surface area contributed by atoms with Gasteiger partial charge in [0.2, 0.25) is 15.7 Å². The number of nitrogens with two attached hydrogens (primary N) is 2. The van der Waals surface area contributed by atoms with E-state index >= 15 is 0 Å². The van der Waals surface area contributed by atoms with Crippen molar-refractivity contribution in [3.63, 3.8) is 0 Å². The van der Waals surface area contributed by atoms with Gasteiger partial charge in [-0.05, 0) is 31.0 Å². The molecule has 0 unspecified atom stereocenters. The molecular formula is C11H14N6O2S. The van der Waals surface area contributed by atoms with Crippen molar-refractivity contribution in [1.82, 2.24) is 0 Å². The Hall–Kier alpha value is -2.44. The van der Waals surface area contributed by atoms with Crippen LogP contribution >= 0.6 is 0 Å². The van der Waals surface area contributed by atoms with Crippen molar-refractivity contribution in [3.05, 3.63) is 23.3 Å². The Balaban J connectivity index is 3.40. The molecule has 0 heterocycles. The molecule has 0 spiro atoms. The van der Waals surface area contributed by atoms with Gasteiger partial charge in [-0.25, -0.2) is 13.6 Å². The molecule has 0 saturated carbocycles. The monoisotopic (exact) mass is 294 g/mol. The Morgan fingerprint density at radius 3 is 2.50 bits per heavy atom. The minimum atomic E-state index is -3.95. The summed E-state index contributed by atoms with van der Waals surface area (Å²) in [7, 11) is -3.95. The second-order valence-electron chi connectivity index (χ2n) is 4.10. The zero-order valence-electron chi connectivity index (χ0n) is 10.9. The van der Waals surface area contributed by atoms with Gasteiger partial charge in [-0.3, -0.25) is 10.8 Å². The van der Waals surface area contributed by atoms with E-state index in [-0.39, 0.29) is 16.3 Å². The maximum atomic E-state index is 11.6. The van der Waals surface area contributed by atoms with Crippen molar-refractivity contribution in [2.75, 3.05) is 5.43 Å². The third kappa shape index (κ3) is 3.53. The fourth-order valence-electron chi connectivity index (χ4n) is 1.55. The average molecular weight is 294 g/mol. The van der Waals surface area contributed by atoms with Crippen molar-refractivity contribution in [2.45, 2.75) is 18.7 Å². The summed E-state index contributed by atoms with van der Waals surface area (Å²) in [6.07, 6.45) is 0. The number of primary sulfonamides is 1. The Labute approximate surface area is 116 Å². The molecule has 6 N–H and O–H groups in total. The molecule has 0 radical (unpaired) electrons. The van der Waals surface area contributed by atoms with Crippen LogP contribution in [0, 0.1) is 30.6 Å². The summed E-state index contributed by atoms with van der Waals surface area (Å²) >= 11 is 0. The second-order valence-corrected chi connectivity index (χ2v) is 5.63. The first-order valence-electron chi connectivity index (χ1n) is 5.39. The number of amidine groups is 1. The van der Waals surface area contributed by atoms with E-state index in [1.165, 1.54) is 6.07 Å². The van der Waals surface area contributed by atoms with Crippen LogP contribution in [-0.2, 0) is 10.0 Å². The third-order valence-corrected chi connectivity index (χ3v) is 3.33. The summed E-state index contributed by atoms with van der Waals surface area (Å²) in [6, 6.07) is 4.74. The normalized spacial score (nSPS) is 11.8. The predicted molar refractivity (Wildman–Crippen MR) is 75.9 cm³/mol. The van der Waals surface area contributed by atoms with Crippen molar-refractivity contribution in [1.29, 1.82) is 10.7 Å². The molecule has 20 heavy (non-hydrogen) atoms. The number of nitriles is 1. The van der Waals surface area contributed by atoms with Gasteiger partial charge >= 0.3 is 0 Å². The molecule has 0 fully saturated rings. The van der Waals surface area contributed by atoms with Crippen LogP contribution in [0.15, 0.2) is 22.1 Å². The van der Waals surface area contributed by atoms with Gasteiger partial charge in [0.1, 0.15) is 11.0 Å². The minimum absolute atomic E-state index is 0.139. The molecule has 0 bridgehead atoms. The molecule has 106 valence electrons. The zero-order valence-corrected chi connectivity index (χ0v) is 11.7. The number of benzene rings is 1. The molecule has 0 amide bonds. The second kappa shape index (κ2) is 5.68. The summed E-state index contributed by atoms with van der Waals surface area (Å²) in [5.41, 5.74) is 8.66. The van der Waals surface area contributed by atoms with Gasteiger partial charge in [0.05, 0.1) is 5.69 Å². The molecule has 0 aliphatic carbocycles. The van der Waals surface area contributed by atoms with Crippen LogP contribution in [0.2, 0.25) is 0 Å². The molecule has 1 aromatic carbocycles. The number of nitrogens with zero attached hydrogens (tertiary/aromatic N) is 2. The molecule has 1 rings (SSSR count). The Morgan fingerprint density at radius 2 is 2.05 bits per heavy atom. The number of sulfonamides is 1. The summed E-state index contributed by atoms with van der Waals surface area (Å²) in [6.45, 7) is 3.39. The molecule has 8 nitrogen and oxygen atoms in total. The summed E-state index contributed by atoms with van der Waals surface area (Å²) in [4.78, 5) is -0.139.